The summed E-state index contributed by atoms with van der Waals surface area (Å²) in [6.07, 6.45) is 1.03. The Labute approximate surface area is 120 Å². The number of fused-ring (bicyclic) bond motifs is 3. The van der Waals surface area contributed by atoms with E-state index in [2.05, 4.69) is 18.3 Å². The second-order valence-electron chi connectivity index (χ2n) is 5.80. The topological polar surface area (TPSA) is 41.6 Å². The highest BCUT2D eigenvalue weighted by Gasteiger charge is 2.40. The Morgan fingerprint density at radius 2 is 2.25 bits per heavy atom. The van der Waals surface area contributed by atoms with Gasteiger partial charge < -0.3 is 15.0 Å². The first-order valence-electron chi connectivity index (χ1n) is 7.47. The SMILES string of the molecule is CCc1cc(OC(C)C)c2c(c1)C1CNCCN1C2=O. The Hall–Kier alpha value is -1.55. The molecule has 2 aliphatic heterocycles. The van der Waals surface area contributed by atoms with E-state index in [9.17, 15) is 4.79 Å². The fraction of sp³-hybridized carbons (Fsp3) is 0.562. The van der Waals surface area contributed by atoms with Crippen LogP contribution in [-0.2, 0) is 6.42 Å². The van der Waals surface area contributed by atoms with E-state index in [0.29, 0.717) is 0 Å². The van der Waals surface area contributed by atoms with Crippen LogP contribution in [-0.4, -0.2) is 36.5 Å². The van der Waals surface area contributed by atoms with Crippen LogP contribution in [0.2, 0.25) is 0 Å². The second kappa shape index (κ2) is 5.09. The van der Waals surface area contributed by atoms with Gasteiger partial charge in [0.25, 0.3) is 5.91 Å². The van der Waals surface area contributed by atoms with Gasteiger partial charge in [-0.05, 0) is 37.5 Å². The first-order valence-corrected chi connectivity index (χ1v) is 7.47. The molecule has 108 valence electrons. The maximum absolute atomic E-state index is 12.7. The summed E-state index contributed by atoms with van der Waals surface area (Å²) in [6.45, 7) is 8.62. The molecule has 1 aromatic carbocycles. The molecule has 1 fully saturated rings. The number of nitrogens with one attached hydrogen (secondary N) is 1. The molecule has 1 atom stereocenters. The highest BCUT2D eigenvalue weighted by Crippen LogP contribution is 2.40. The lowest BCUT2D eigenvalue weighted by Crippen LogP contribution is -2.44. The molecule has 0 aliphatic carbocycles. The summed E-state index contributed by atoms with van der Waals surface area (Å²) in [5, 5.41) is 3.38. The smallest absolute Gasteiger partial charge is 0.258 e. The Kier molecular flexibility index (Phi) is 3.42. The van der Waals surface area contributed by atoms with E-state index in [-0.39, 0.29) is 18.1 Å². The fourth-order valence-corrected chi connectivity index (χ4v) is 3.11. The van der Waals surface area contributed by atoms with Gasteiger partial charge in [-0.15, -0.1) is 0 Å². The lowest BCUT2D eigenvalue weighted by atomic mass is 9.98. The van der Waals surface area contributed by atoms with E-state index >= 15 is 0 Å². The number of nitrogens with zero attached hydrogens (tertiary/aromatic N) is 1. The van der Waals surface area contributed by atoms with Crippen molar-refractivity contribution in [1.29, 1.82) is 0 Å². The Bertz CT molecular complexity index is 540. The summed E-state index contributed by atoms with van der Waals surface area (Å²) in [5.41, 5.74) is 3.15. The molecule has 2 heterocycles. The summed E-state index contributed by atoms with van der Waals surface area (Å²) >= 11 is 0. The first kappa shape index (κ1) is 13.4. The molecule has 0 spiro atoms. The van der Waals surface area contributed by atoms with Crippen molar-refractivity contribution in [1.82, 2.24) is 10.2 Å². The van der Waals surface area contributed by atoms with E-state index in [1.54, 1.807) is 0 Å². The summed E-state index contributed by atoms with van der Waals surface area (Å²) in [6, 6.07) is 4.38. The number of rotatable bonds is 3. The van der Waals surface area contributed by atoms with E-state index in [4.69, 9.17) is 4.74 Å². The average Bonchev–Trinajstić information content (AvgIpc) is 2.72. The van der Waals surface area contributed by atoms with Crippen LogP contribution in [0.15, 0.2) is 12.1 Å². The Morgan fingerprint density at radius 3 is 2.95 bits per heavy atom. The zero-order valence-corrected chi connectivity index (χ0v) is 12.4. The minimum Gasteiger partial charge on any atom is -0.490 e. The highest BCUT2D eigenvalue weighted by atomic mass is 16.5. The zero-order valence-electron chi connectivity index (χ0n) is 12.4. The third-order valence-corrected chi connectivity index (χ3v) is 4.04. The zero-order chi connectivity index (χ0) is 14.3. The molecule has 0 saturated carbocycles. The van der Waals surface area contributed by atoms with Crippen molar-refractivity contribution < 1.29 is 9.53 Å². The lowest BCUT2D eigenvalue weighted by Gasteiger charge is -2.30. The van der Waals surface area contributed by atoms with Gasteiger partial charge in [-0.1, -0.05) is 13.0 Å². The van der Waals surface area contributed by atoms with E-state index in [0.717, 1.165) is 42.9 Å². The molecule has 0 bridgehead atoms. The Morgan fingerprint density at radius 1 is 1.45 bits per heavy atom. The van der Waals surface area contributed by atoms with E-state index in [1.807, 2.05) is 24.8 Å². The number of amides is 1. The molecule has 0 aromatic heterocycles. The molecule has 1 saturated heterocycles. The normalized spacial score (nSPS) is 21.1. The molecule has 3 rings (SSSR count). The van der Waals surface area contributed by atoms with Crippen molar-refractivity contribution in [3.8, 4) is 5.75 Å². The standard InChI is InChI=1S/C16H22N2O2/c1-4-11-7-12-13-9-17-5-6-18(13)16(19)15(12)14(8-11)20-10(2)3/h7-8,10,13,17H,4-6,9H2,1-3H3. The number of hydrogen-bond donors (Lipinski definition) is 1. The van der Waals surface area contributed by atoms with Gasteiger partial charge in [0.05, 0.1) is 17.7 Å². The van der Waals surface area contributed by atoms with Crippen molar-refractivity contribution >= 4 is 5.91 Å². The van der Waals surface area contributed by atoms with Crippen LogP contribution in [0.1, 0.15) is 48.3 Å². The average molecular weight is 274 g/mol. The minimum atomic E-state index is 0.0785. The molecular weight excluding hydrogens is 252 g/mol. The third kappa shape index (κ3) is 2.08. The lowest BCUT2D eigenvalue weighted by molar-refractivity contribution is 0.0687. The van der Waals surface area contributed by atoms with Gasteiger partial charge >= 0.3 is 0 Å². The van der Waals surface area contributed by atoms with Crippen LogP contribution in [0.25, 0.3) is 0 Å². The molecule has 4 nitrogen and oxygen atoms in total. The van der Waals surface area contributed by atoms with Crippen LogP contribution >= 0.6 is 0 Å². The van der Waals surface area contributed by atoms with Gasteiger partial charge in [0, 0.05) is 19.6 Å². The summed E-state index contributed by atoms with van der Waals surface area (Å²) in [4.78, 5) is 14.6. The summed E-state index contributed by atoms with van der Waals surface area (Å²) in [5.74, 6) is 0.888. The maximum Gasteiger partial charge on any atom is 0.258 e. The van der Waals surface area contributed by atoms with Gasteiger partial charge in [0.15, 0.2) is 0 Å². The molecule has 2 aliphatic rings. The molecule has 20 heavy (non-hydrogen) atoms. The minimum absolute atomic E-state index is 0.0785. The number of piperazine rings is 1. The second-order valence-corrected chi connectivity index (χ2v) is 5.80. The molecule has 1 aromatic rings. The largest absolute Gasteiger partial charge is 0.490 e. The number of aryl methyl sites for hydroxylation is 1. The van der Waals surface area contributed by atoms with Gasteiger partial charge in [0.2, 0.25) is 0 Å². The van der Waals surface area contributed by atoms with Crippen molar-refractivity contribution in [2.45, 2.75) is 39.3 Å². The monoisotopic (exact) mass is 274 g/mol. The van der Waals surface area contributed by atoms with Gasteiger partial charge in [-0.25, -0.2) is 0 Å². The molecule has 1 amide bonds. The van der Waals surface area contributed by atoms with Crippen LogP contribution < -0.4 is 10.1 Å². The fourth-order valence-electron chi connectivity index (χ4n) is 3.11. The highest BCUT2D eigenvalue weighted by molar-refractivity contribution is 6.02. The number of benzene rings is 1. The molecule has 1 unspecified atom stereocenters. The molecule has 1 N–H and O–H groups in total. The number of hydrogen-bond acceptors (Lipinski definition) is 3. The van der Waals surface area contributed by atoms with Gasteiger partial charge in [-0.3, -0.25) is 4.79 Å². The van der Waals surface area contributed by atoms with Crippen LogP contribution in [0.4, 0.5) is 0 Å². The van der Waals surface area contributed by atoms with Crippen LogP contribution in [0.5, 0.6) is 5.75 Å². The number of ether oxygens (including phenoxy) is 1. The van der Waals surface area contributed by atoms with Crippen LogP contribution in [0, 0.1) is 0 Å². The van der Waals surface area contributed by atoms with E-state index < -0.39 is 0 Å². The maximum atomic E-state index is 12.7. The Balaban J connectivity index is 2.10. The third-order valence-electron chi connectivity index (χ3n) is 4.04. The van der Waals surface area contributed by atoms with Gasteiger partial charge in [-0.2, -0.15) is 0 Å². The van der Waals surface area contributed by atoms with Crippen molar-refractivity contribution in [3.05, 3.63) is 28.8 Å². The molecular formula is C16H22N2O2. The summed E-state index contributed by atoms with van der Waals surface area (Å²) < 4.78 is 5.91. The van der Waals surface area contributed by atoms with Crippen LogP contribution in [0.3, 0.4) is 0 Å². The number of carbonyl (C=O) groups excluding carboxylic acids is 1. The first-order chi connectivity index (χ1) is 9.61. The molecule has 4 heteroatoms. The van der Waals surface area contributed by atoms with Crippen molar-refractivity contribution in [3.63, 3.8) is 0 Å². The van der Waals surface area contributed by atoms with E-state index in [1.165, 1.54) is 5.56 Å². The number of carbonyl (C=O) groups is 1. The predicted octanol–water partition coefficient (Wildman–Crippen LogP) is 2.14. The predicted molar refractivity (Wildman–Crippen MR) is 78.2 cm³/mol. The molecule has 0 radical (unpaired) electrons. The van der Waals surface area contributed by atoms with Crippen molar-refractivity contribution in [2.24, 2.45) is 0 Å². The quantitative estimate of drug-likeness (QED) is 0.918. The van der Waals surface area contributed by atoms with Gasteiger partial charge in [0.1, 0.15) is 5.75 Å². The summed E-state index contributed by atoms with van der Waals surface area (Å²) in [7, 11) is 0. The van der Waals surface area contributed by atoms with Crippen molar-refractivity contribution in [2.75, 3.05) is 19.6 Å².